The minimum atomic E-state index is 0.0567. The maximum atomic E-state index is 9.10. The van der Waals surface area contributed by atoms with Crippen molar-refractivity contribution in [2.75, 3.05) is 0 Å². The minimum absolute atomic E-state index is 0.0567. The molecule has 0 spiro atoms. The van der Waals surface area contributed by atoms with Gasteiger partial charge in [0.15, 0.2) is 11.8 Å². The third-order valence-electron chi connectivity index (χ3n) is 1.71. The number of hydrogen-bond acceptors (Lipinski definition) is 2. The van der Waals surface area contributed by atoms with Crippen LogP contribution >= 0.6 is 0 Å². The van der Waals surface area contributed by atoms with E-state index in [1.807, 2.05) is 6.08 Å². The average Bonchev–Trinajstić information content (AvgIpc) is 2.39. The highest BCUT2D eigenvalue weighted by atomic mass is 16.3. The minimum Gasteiger partial charge on any atom is -0.494 e. The number of rotatable bonds is 0. The second-order valence-corrected chi connectivity index (χ2v) is 2.32. The summed E-state index contributed by atoms with van der Waals surface area (Å²) in [7, 11) is 0. The van der Waals surface area contributed by atoms with E-state index >= 15 is 0 Å². The van der Waals surface area contributed by atoms with Gasteiger partial charge in [-0.05, 0) is 6.42 Å². The molecule has 0 amide bonds. The summed E-state index contributed by atoms with van der Waals surface area (Å²) in [6, 6.07) is 0. The Hall–Kier alpha value is -1.38. The summed E-state index contributed by atoms with van der Waals surface area (Å²) in [4.78, 5) is 2.44. The molecular weight excluding hydrogens is 130 g/mol. The van der Waals surface area contributed by atoms with E-state index in [0.29, 0.717) is 6.42 Å². The summed E-state index contributed by atoms with van der Waals surface area (Å²) in [5.41, 5.74) is 1.51. The summed E-state index contributed by atoms with van der Waals surface area (Å²) >= 11 is 0. The van der Waals surface area contributed by atoms with E-state index in [2.05, 4.69) is 4.98 Å². The highest BCUT2D eigenvalue weighted by molar-refractivity contribution is 5.67. The molecule has 1 heterocycles. The van der Waals surface area contributed by atoms with Gasteiger partial charge in [-0.3, -0.25) is 4.98 Å². The first-order valence-electron chi connectivity index (χ1n) is 3.08. The molecule has 0 saturated heterocycles. The normalized spacial score (nSPS) is 14.0. The number of allylic oxidation sites excluding steroid dienone is 1. The molecule has 1 aromatic rings. The Morgan fingerprint density at radius 2 is 2.10 bits per heavy atom. The van der Waals surface area contributed by atoms with Crippen molar-refractivity contribution in [3.8, 4) is 11.8 Å². The van der Waals surface area contributed by atoms with Crippen molar-refractivity contribution in [3.63, 3.8) is 0 Å². The Kier molecular flexibility index (Phi) is 0.845. The Morgan fingerprint density at radius 1 is 1.30 bits per heavy atom. The molecule has 0 aromatic carbocycles. The molecule has 1 aliphatic rings. The van der Waals surface area contributed by atoms with Crippen molar-refractivity contribution >= 4 is 6.08 Å². The second-order valence-electron chi connectivity index (χ2n) is 2.32. The lowest BCUT2D eigenvalue weighted by Gasteiger charge is -1.86. The highest BCUT2D eigenvalue weighted by Gasteiger charge is 2.16. The third kappa shape index (κ3) is 0.492. The largest absolute Gasteiger partial charge is 0.494 e. The summed E-state index contributed by atoms with van der Waals surface area (Å²) in [5, 5.41) is 18.2. The molecule has 0 fully saturated rings. The fraction of sp³-hybridized carbons (Fsp3) is 0.143. The van der Waals surface area contributed by atoms with E-state index in [4.69, 9.17) is 10.2 Å². The number of H-pyrrole nitrogens is 1. The van der Waals surface area contributed by atoms with Crippen molar-refractivity contribution < 1.29 is 10.2 Å². The van der Waals surface area contributed by atoms with Crippen LogP contribution in [0.15, 0.2) is 6.08 Å². The molecule has 0 bridgehead atoms. The predicted octanol–water partition coefficient (Wildman–Crippen LogP) is 0.995. The van der Waals surface area contributed by atoms with Gasteiger partial charge in [0.2, 0.25) is 0 Å². The summed E-state index contributed by atoms with van der Waals surface area (Å²) in [6.07, 6.45) is 4.40. The Labute approximate surface area is 57.6 Å². The molecule has 0 saturated carbocycles. The van der Waals surface area contributed by atoms with Crippen LogP contribution in [0, 0.1) is 0 Å². The van der Waals surface area contributed by atoms with Crippen molar-refractivity contribution in [1.29, 1.82) is 0 Å². The smallest absolute Gasteiger partial charge is 0.198 e. The number of hydrogen-bond donors (Lipinski definition) is 3. The molecule has 1 aliphatic carbocycles. The standard InChI is InChI=1S/C7H7NO2/c9-6-4-2-1-3-5(4)7(10)8-6/h1-2,8-10H,3H2. The molecule has 3 nitrogen and oxygen atoms in total. The van der Waals surface area contributed by atoms with Gasteiger partial charge in [0, 0.05) is 11.1 Å². The van der Waals surface area contributed by atoms with Crippen molar-refractivity contribution in [3.05, 3.63) is 17.2 Å². The molecule has 3 N–H and O–H groups in total. The molecule has 0 aliphatic heterocycles. The zero-order valence-electron chi connectivity index (χ0n) is 5.26. The Morgan fingerprint density at radius 3 is 2.80 bits per heavy atom. The van der Waals surface area contributed by atoms with Gasteiger partial charge in [0.25, 0.3) is 0 Å². The number of fused-ring (bicyclic) bond motifs is 1. The van der Waals surface area contributed by atoms with Gasteiger partial charge in [0.05, 0.1) is 0 Å². The van der Waals surface area contributed by atoms with Gasteiger partial charge in [-0.2, -0.15) is 0 Å². The zero-order valence-corrected chi connectivity index (χ0v) is 5.26. The number of aromatic hydroxyl groups is 2. The summed E-state index contributed by atoms with van der Waals surface area (Å²) < 4.78 is 0. The Bertz CT molecular complexity index is 299. The number of aromatic nitrogens is 1. The van der Waals surface area contributed by atoms with E-state index in [-0.39, 0.29) is 11.8 Å². The van der Waals surface area contributed by atoms with Crippen molar-refractivity contribution in [2.45, 2.75) is 6.42 Å². The summed E-state index contributed by atoms with van der Waals surface area (Å²) in [6.45, 7) is 0. The maximum Gasteiger partial charge on any atom is 0.198 e. The van der Waals surface area contributed by atoms with E-state index in [1.165, 1.54) is 0 Å². The van der Waals surface area contributed by atoms with Gasteiger partial charge in [-0.25, -0.2) is 0 Å². The van der Waals surface area contributed by atoms with Crippen LogP contribution in [0.5, 0.6) is 11.8 Å². The maximum absolute atomic E-state index is 9.10. The third-order valence-corrected chi connectivity index (χ3v) is 1.71. The molecule has 0 radical (unpaired) electrons. The Balaban J connectivity index is 2.70. The second kappa shape index (κ2) is 1.56. The van der Waals surface area contributed by atoms with E-state index in [1.54, 1.807) is 6.08 Å². The fourth-order valence-electron chi connectivity index (χ4n) is 1.21. The monoisotopic (exact) mass is 137 g/mol. The van der Waals surface area contributed by atoms with E-state index in [0.717, 1.165) is 11.1 Å². The number of nitrogens with one attached hydrogen (secondary N) is 1. The van der Waals surface area contributed by atoms with E-state index in [9.17, 15) is 0 Å². The van der Waals surface area contributed by atoms with Crippen molar-refractivity contribution in [2.24, 2.45) is 0 Å². The van der Waals surface area contributed by atoms with Gasteiger partial charge in [-0.15, -0.1) is 0 Å². The van der Waals surface area contributed by atoms with Crippen LogP contribution in [-0.4, -0.2) is 15.2 Å². The lowest BCUT2D eigenvalue weighted by molar-refractivity contribution is 0.423. The SMILES string of the molecule is Oc1[nH]c(O)c2c1C=CC2. The molecule has 52 valence electrons. The number of aromatic amines is 1. The molecule has 3 heteroatoms. The molecule has 1 aromatic heterocycles. The summed E-state index contributed by atoms with van der Waals surface area (Å²) in [5.74, 6) is 0.138. The van der Waals surface area contributed by atoms with Crippen LogP contribution in [0.1, 0.15) is 11.1 Å². The van der Waals surface area contributed by atoms with Crippen LogP contribution in [0.4, 0.5) is 0 Å². The molecule has 10 heavy (non-hydrogen) atoms. The molecule has 2 rings (SSSR count). The highest BCUT2D eigenvalue weighted by Crippen LogP contribution is 2.34. The van der Waals surface area contributed by atoms with Gasteiger partial charge < -0.3 is 10.2 Å². The topological polar surface area (TPSA) is 56.2 Å². The lowest BCUT2D eigenvalue weighted by Crippen LogP contribution is -1.72. The van der Waals surface area contributed by atoms with Gasteiger partial charge in [0.1, 0.15) is 0 Å². The van der Waals surface area contributed by atoms with Crippen molar-refractivity contribution in [1.82, 2.24) is 4.98 Å². The molecule has 0 unspecified atom stereocenters. The first-order chi connectivity index (χ1) is 4.79. The lowest BCUT2D eigenvalue weighted by atomic mass is 10.2. The van der Waals surface area contributed by atoms with Crippen LogP contribution in [0.25, 0.3) is 6.08 Å². The molecule has 0 atom stereocenters. The first kappa shape index (κ1) is 5.41. The fourth-order valence-corrected chi connectivity index (χ4v) is 1.21. The van der Waals surface area contributed by atoms with E-state index < -0.39 is 0 Å². The zero-order chi connectivity index (χ0) is 7.14. The molecular formula is C7H7NO2. The predicted molar refractivity (Wildman–Crippen MR) is 36.9 cm³/mol. The van der Waals surface area contributed by atoms with Crippen LogP contribution in [0.2, 0.25) is 0 Å². The first-order valence-corrected chi connectivity index (χ1v) is 3.08. The quantitative estimate of drug-likeness (QED) is 0.499. The van der Waals surface area contributed by atoms with Gasteiger partial charge in [-0.1, -0.05) is 12.2 Å². The van der Waals surface area contributed by atoms with Gasteiger partial charge >= 0.3 is 0 Å². The van der Waals surface area contributed by atoms with Crippen LogP contribution in [-0.2, 0) is 6.42 Å². The average molecular weight is 137 g/mol. The van der Waals surface area contributed by atoms with Crippen LogP contribution in [0.3, 0.4) is 0 Å². The van der Waals surface area contributed by atoms with Crippen LogP contribution < -0.4 is 0 Å².